The number of carboxylic acid groups (broad SMARTS) is 1. The second-order valence-electron chi connectivity index (χ2n) is 11.3. The molecule has 0 spiro atoms. The van der Waals surface area contributed by atoms with Crippen molar-refractivity contribution in [3.8, 4) is 28.2 Å². The molecule has 2 aromatic carbocycles. The number of aromatic nitrogens is 7. The van der Waals surface area contributed by atoms with Crippen LogP contribution in [-0.2, 0) is 22.7 Å². The largest absolute Gasteiger partial charge is 0.490 e. The summed E-state index contributed by atoms with van der Waals surface area (Å²) in [7, 11) is 0. The Morgan fingerprint density at radius 2 is 1.82 bits per heavy atom. The number of halogens is 7. The Kier molecular flexibility index (Phi) is 9.21. The minimum atomic E-state index is -5.08. The fourth-order valence-electron chi connectivity index (χ4n) is 5.30. The highest BCUT2D eigenvalue weighted by molar-refractivity contribution is 6.31. The molecule has 1 aliphatic rings. The van der Waals surface area contributed by atoms with Crippen LogP contribution in [0.5, 0.6) is 0 Å². The Hall–Kier alpha value is -5.52. The van der Waals surface area contributed by atoms with Gasteiger partial charge in [-0.15, -0.1) is 5.10 Å². The fraction of sp³-hybridized carbons (Fsp3) is 0.281. The van der Waals surface area contributed by atoms with Crippen LogP contribution in [0.1, 0.15) is 47.6 Å². The van der Waals surface area contributed by atoms with E-state index in [0.717, 1.165) is 15.6 Å². The van der Waals surface area contributed by atoms with Gasteiger partial charge in [0.1, 0.15) is 0 Å². The first kappa shape index (κ1) is 32.7. The lowest BCUT2D eigenvalue weighted by Crippen LogP contribution is -2.26. The fourth-order valence-corrected chi connectivity index (χ4v) is 5.47. The van der Waals surface area contributed by atoms with Crippen LogP contribution >= 0.6 is 11.6 Å². The van der Waals surface area contributed by atoms with Crippen LogP contribution in [0.2, 0.25) is 5.02 Å². The van der Waals surface area contributed by atoms with Gasteiger partial charge in [0.2, 0.25) is 5.91 Å². The van der Waals surface area contributed by atoms with Crippen LogP contribution in [-0.4, -0.2) is 57.5 Å². The Morgan fingerprint density at radius 3 is 2.47 bits per heavy atom. The zero-order chi connectivity index (χ0) is 39.7. The number of nitrogens with zero attached hydrogens (tertiary/aromatic N) is 7. The number of anilines is 1. The first-order valence-corrected chi connectivity index (χ1v) is 15.2. The highest BCUT2D eigenvalue weighted by Crippen LogP contribution is 2.34. The van der Waals surface area contributed by atoms with Crippen LogP contribution < -0.4 is 10.9 Å². The zero-order valence-corrected chi connectivity index (χ0v) is 26.8. The highest BCUT2D eigenvalue weighted by atomic mass is 35.5. The summed E-state index contributed by atoms with van der Waals surface area (Å²) in [4.78, 5) is 40.2. The van der Waals surface area contributed by atoms with Crippen LogP contribution in [0.25, 0.3) is 28.2 Å². The maximum Gasteiger partial charge on any atom is 0.490 e. The van der Waals surface area contributed by atoms with Gasteiger partial charge in [0, 0.05) is 39.2 Å². The van der Waals surface area contributed by atoms with Crippen LogP contribution in [0.15, 0.2) is 72.0 Å². The van der Waals surface area contributed by atoms with Gasteiger partial charge in [-0.1, -0.05) is 48.4 Å². The molecular weight excluding hydrogens is 710 g/mol. The third kappa shape index (κ3) is 8.28. The van der Waals surface area contributed by atoms with Crippen molar-refractivity contribution >= 4 is 29.2 Å². The Bertz CT molecular complexity index is 2250. The number of hydrogen-bond acceptors (Lipinski definition) is 7. The number of amides is 1. The summed E-state index contributed by atoms with van der Waals surface area (Å²) in [6.45, 7) is -0.867. The van der Waals surface area contributed by atoms with Gasteiger partial charge >= 0.3 is 18.3 Å². The standard InChI is InChI=1S/C30H26ClF3N8O2.C2HF3O2/c1-17-5-3-8-24(18-6-4-7-19(11-18)28-23(37-29(17)44)14-36-40(28)2)41-16-35-22(13-27(41)43)21-12-20(31)9-10-25(21)42-15-26(38-39-42)30(32,33)34;3-2(4,5)1(6)7/h4,6-7,9-17,24H,3,5,8H2,1-2H3,(H,37,44);(H,6,7)/t17-,24+;/m1./s1/i2D3;. The molecule has 12 nitrogen and oxygen atoms in total. The molecule has 5 aromatic rings. The van der Waals surface area contributed by atoms with Crippen molar-refractivity contribution in [3.63, 3.8) is 0 Å². The molecule has 0 radical (unpaired) electrons. The topological polar surface area (TPSA) is 150 Å². The number of nitrogens with one attached hydrogen (secondary N) is 1. The second-order valence-corrected chi connectivity index (χ2v) is 11.7. The van der Waals surface area contributed by atoms with Gasteiger partial charge in [-0.3, -0.25) is 18.8 Å². The maximum absolute atomic E-state index is 13.8. The first-order valence-electron chi connectivity index (χ1n) is 16.3. The van der Waals surface area contributed by atoms with Gasteiger partial charge in [0.25, 0.3) is 5.56 Å². The monoisotopic (exact) mass is 739 g/mol. The summed E-state index contributed by atoms with van der Waals surface area (Å²) in [6.07, 6.45) is -4.92. The number of aryl methyl sites for hydroxylation is 1. The lowest BCUT2D eigenvalue weighted by atomic mass is 9.94. The van der Waals surface area contributed by atoms with Crippen molar-refractivity contribution in [2.45, 2.75) is 44.6 Å². The Balaban J connectivity index is 0.000000730. The molecule has 0 fully saturated rings. The molecule has 3 aromatic heterocycles. The zero-order valence-electron chi connectivity index (χ0n) is 29.1. The van der Waals surface area contributed by atoms with Crippen molar-refractivity contribution < 1.29 is 45.2 Å². The van der Waals surface area contributed by atoms with Crippen molar-refractivity contribution in [1.82, 2.24) is 34.3 Å². The third-order valence-corrected chi connectivity index (χ3v) is 8.05. The SMILES string of the molecule is O=C(O)C(F)(F)F.[2H]C([2H])([2H])n1ncc2c1-c1cccc(c1)[C@@H](n1cnc(-c3cc(Cl)ccc3-n3cc(C(F)(F)F)nn3)cc1=O)CCC[C@@H](C)C(=O)N2. The van der Waals surface area contributed by atoms with Crippen molar-refractivity contribution in [2.75, 3.05) is 5.32 Å². The molecule has 19 heteroatoms. The molecule has 2 N–H and O–H groups in total. The van der Waals surface area contributed by atoms with Crippen LogP contribution in [0, 0.1) is 5.92 Å². The summed E-state index contributed by atoms with van der Waals surface area (Å²) >= 11 is 6.23. The number of rotatable bonds is 3. The summed E-state index contributed by atoms with van der Waals surface area (Å²) in [5.41, 5.74) is 0.535. The predicted molar refractivity (Wildman–Crippen MR) is 171 cm³/mol. The van der Waals surface area contributed by atoms with Gasteiger partial charge in [0.05, 0.1) is 47.5 Å². The molecule has 0 aliphatic carbocycles. The lowest BCUT2D eigenvalue weighted by molar-refractivity contribution is -0.192. The number of carbonyl (C=O) groups excluding carboxylic acids is 1. The molecule has 51 heavy (non-hydrogen) atoms. The third-order valence-electron chi connectivity index (χ3n) is 7.81. The average molecular weight is 740 g/mol. The molecule has 2 bridgehead atoms. The van der Waals surface area contributed by atoms with Gasteiger partial charge in [0.15, 0.2) is 5.69 Å². The van der Waals surface area contributed by atoms with E-state index >= 15 is 0 Å². The first-order chi connectivity index (χ1) is 25.1. The number of aliphatic carboxylic acids is 1. The number of benzene rings is 2. The Labute approximate surface area is 293 Å². The van der Waals surface area contributed by atoms with E-state index in [9.17, 15) is 35.9 Å². The molecule has 6 rings (SSSR count). The quantitative estimate of drug-likeness (QED) is 0.198. The van der Waals surface area contributed by atoms with E-state index in [0.29, 0.717) is 30.4 Å². The van der Waals surface area contributed by atoms with E-state index in [-0.39, 0.29) is 39.3 Å². The van der Waals surface area contributed by atoms with Gasteiger partial charge in [-0.25, -0.2) is 14.5 Å². The van der Waals surface area contributed by atoms with E-state index < -0.39 is 48.5 Å². The van der Waals surface area contributed by atoms with E-state index in [1.54, 1.807) is 25.1 Å². The summed E-state index contributed by atoms with van der Waals surface area (Å²) in [5, 5.41) is 21.1. The minimum absolute atomic E-state index is 0.145. The van der Waals surface area contributed by atoms with E-state index in [2.05, 4.69) is 25.7 Å². The van der Waals surface area contributed by atoms with E-state index in [1.165, 1.54) is 41.4 Å². The smallest absolute Gasteiger partial charge is 0.475 e. The number of alkyl halides is 6. The van der Waals surface area contributed by atoms with Crippen molar-refractivity contribution in [1.29, 1.82) is 0 Å². The molecule has 268 valence electrons. The minimum Gasteiger partial charge on any atom is -0.475 e. The van der Waals surface area contributed by atoms with E-state index in [4.69, 9.17) is 25.6 Å². The van der Waals surface area contributed by atoms with Gasteiger partial charge < -0.3 is 10.4 Å². The normalized spacial score (nSPS) is 17.6. The van der Waals surface area contributed by atoms with Crippen molar-refractivity contribution in [2.24, 2.45) is 12.9 Å². The predicted octanol–water partition coefficient (Wildman–Crippen LogP) is 6.54. The van der Waals surface area contributed by atoms with E-state index in [1.807, 2.05) is 6.07 Å². The molecule has 4 heterocycles. The molecule has 2 atom stereocenters. The number of carbonyl (C=O) groups is 2. The summed E-state index contributed by atoms with van der Waals surface area (Å²) < 4.78 is 98.7. The molecule has 0 saturated heterocycles. The number of carboxylic acids is 1. The van der Waals surface area contributed by atoms with Crippen molar-refractivity contribution in [3.05, 3.63) is 93.9 Å². The summed E-state index contributed by atoms with van der Waals surface area (Å²) in [5.74, 6) is -3.47. The number of hydrogen-bond donors (Lipinski definition) is 2. The van der Waals surface area contributed by atoms with Crippen LogP contribution in [0.4, 0.5) is 32.0 Å². The Morgan fingerprint density at radius 1 is 1.08 bits per heavy atom. The van der Waals surface area contributed by atoms with Gasteiger partial charge in [-0.05, 0) is 42.7 Å². The number of fused-ring (bicyclic) bond motifs is 4. The van der Waals surface area contributed by atoms with Crippen LogP contribution in [0.3, 0.4) is 0 Å². The van der Waals surface area contributed by atoms with Gasteiger partial charge in [-0.2, -0.15) is 31.4 Å². The summed E-state index contributed by atoms with van der Waals surface area (Å²) in [6, 6.07) is 12.1. The maximum atomic E-state index is 13.8. The molecule has 0 saturated carbocycles. The molecule has 0 unspecified atom stereocenters. The molecule has 1 aliphatic heterocycles. The average Bonchev–Trinajstić information content (AvgIpc) is 3.75. The molecule has 1 amide bonds. The molecular formula is C32H27ClF6N8O4. The second kappa shape index (κ2) is 14.4. The highest BCUT2D eigenvalue weighted by Gasteiger charge is 2.38. The lowest BCUT2D eigenvalue weighted by Gasteiger charge is -2.23.